The summed E-state index contributed by atoms with van der Waals surface area (Å²) in [6.45, 7) is 6.43. The number of aromatic nitrogens is 2. The Hall–Kier alpha value is -2.73. The molecule has 1 heterocycles. The predicted molar refractivity (Wildman–Crippen MR) is 108 cm³/mol. The molecule has 26 heavy (non-hydrogen) atoms. The van der Waals surface area contributed by atoms with Crippen LogP contribution in [-0.2, 0) is 6.54 Å². The van der Waals surface area contributed by atoms with Crippen LogP contribution in [-0.4, -0.2) is 14.9 Å². The number of hydrogen-bond acceptors (Lipinski definition) is 2. The maximum atomic E-state index is 13.4. The van der Waals surface area contributed by atoms with Crippen LogP contribution >= 0.6 is 12.2 Å². The van der Waals surface area contributed by atoms with Crippen LogP contribution in [0, 0.1) is 26.6 Å². The van der Waals surface area contributed by atoms with Gasteiger partial charge in [0.05, 0.1) is 23.6 Å². The molecule has 0 aliphatic heterocycles. The molecule has 0 bridgehead atoms. The van der Waals surface area contributed by atoms with Gasteiger partial charge in [0, 0.05) is 5.69 Å². The van der Waals surface area contributed by atoms with Crippen molar-refractivity contribution in [1.29, 1.82) is 0 Å². The smallest absolute Gasteiger partial charge is 0.175 e. The number of thiocarbonyl (C=S) groups is 1. The first kappa shape index (κ1) is 18.1. The van der Waals surface area contributed by atoms with Gasteiger partial charge >= 0.3 is 0 Å². The summed E-state index contributed by atoms with van der Waals surface area (Å²) in [6.07, 6.45) is 0. The molecular weight excluding hydrogens is 347 g/mol. The maximum absolute atomic E-state index is 13.4. The van der Waals surface area contributed by atoms with E-state index in [0.29, 0.717) is 11.7 Å². The molecule has 0 saturated heterocycles. The maximum Gasteiger partial charge on any atom is 0.175 e. The molecule has 0 unspecified atom stereocenters. The van der Waals surface area contributed by atoms with Gasteiger partial charge in [-0.05, 0) is 68.4 Å². The van der Waals surface area contributed by atoms with Crippen molar-refractivity contribution in [3.8, 4) is 0 Å². The number of hydrogen-bond donors (Lipinski definition) is 2. The van der Waals surface area contributed by atoms with Crippen LogP contribution < -0.4 is 10.6 Å². The highest BCUT2D eigenvalue weighted by Crippen LogP contribution is 2.21. The fourth-order valence-electron chi connectivity index (χ4n) is 2.84. The van der Waals surface area contributed by atoms with E-state index in [2.05, 4.69) is 15.7 Å². The lowest BCUT2D eigenvalue weighted by Crippen LogP contribution is -2.20. The van der Waals surface area contributed by atoms with Gasteiger partial charge in [-0.15, -0.1) is 0 Å². The molecule has 0 aliphatic carbocycles. The van der Waals surface area contributed by atoms with E-state index >= 15 is 0 Å². The molecule has 4 nitrogen and oxygen atoms in total. The lowest BCUT2D eigenvalue weighted by molar-refractivity contribution is 0.616. The number of rotatable bonds is 4. The Morgan fingerprint density at radius 2 is 1.85 bits per heavy atom. The lowest BCUT2D eigenvalue weighted by Gasteiger charge is -2.12. The molecule has 1 aromatic heterocycles. The van der Waals surface area contributed by atoms with Crippen molar-refractivity contribution in [2.75, 3.05) is 10.6 Å². The molecular formula is C20H21FN4S. The second-order valence-electron chi connectivity index (χ2n) is 6.28. The molecule has 0 radical (unpaired) electrons. The molecule has 0 spiro atoms. The van der Waals surface area contributed by atoms with Crippen molar-refractivity contribution >= 4 is 28.7 Å². The van der Waals surface area contributed by atoms with Gasteiger partial charge < -0.3 is 10.6 Å². The zero-order valence-corrected chi connectivity index (χ0v) is 15.8. The van der Waals surface area contributed by atoms with Gasteiger partial charge in [-0.1, -0.05) is 24.3 Å². The highest BCUT2D eigenvalue weighted by molar-refractivity contribution is 7.80. The van der Waals surface area contributed by atoms with Gasteiger partial charge in [0.25, 0.3) is 0 Å². The van der Waals surface area contributed by atoms with Crippen molar-refractivity contribution in [3.05, 3.63) is 76.9 Å². The van der Waals surface area contributed by atoms with Gasteiger partial charge in [-0.3, -0.25) is 4.68 Å². The van der Waals surface area contributed by atoms with Crippen molar-refractivity contribution in [2.45, 2.75) is 27.3 Å². The summed E-state index contributed by atoms with van der Waals surface area (Å²) in [6, 6.07) is 14.6. The molecule has 3 aromatic rings. The number of nitrogens with one attached hydrogen (secondary N) is 2. The van der Waals surface area contributed by atoms with E-state index in [9.17, 15) is 4.39 Å². The van der Waals surface area contributed by atoms with Crippen molar-refractivity contribution in [3.63, 3.8) is 0 Å². The van der Waals surface area contributed by atoms with E-state index in [1.807, 2.05) is 55.8 Å². The molecule has 134 valence electrons. The third-order valence-corrected chi connectivity index (χ3v) is 4.32. The molecule has 0 atom stereocenters. The number of halogens is 1. The summed E-state index contributed by atoms with van der Waals surface area (Å²) in [4.78, 5) is 0. The number of nitrogens with zero attached hydrogens (tertiary/aromatic N) is 2. The second kappa shape index (κ2) is 7.66. The molecule has 2 N–H and O–H groups in total. The van der Waals surface area contributed by atoms with E-state index in [1.165, 1.54) is 12.1 Å². The van der Waals surface area contributed by atoms with E-state index in [0.717, 1.165) is 33.9 Å². The first-order valence-electron chi connectivity index (χ1n) is 8.35. The fourth-order valence-corrected chi connectivity index (χ4v) is 3.06. The number of benzene rings is 2. The van der Waals surface area contributed by atoms with E-state index in [1.54, 1.807) is 6.07 Å². The molecule has 6 heteroatoms. The fraction of sp³-hybridized carbons (Fsp3) is 0.200. The monoisotopic (exact) mass is 368 g/mol. The van der Waals surface area contributed by atoms with E-state index in [4.69, 9.17) is 12.2 Å². The third-order valence-electron chi connectivity index (χ3n) is 4.12. The normalized spacial score (nSPS) is 10.6. The lowest BCUT2D eigenvalue weighted by atomic mass is 10.2. The number of aryl methyl sites for hydroxylation is 2. The highest BCUT2D eigenvalue weighted by atomic mass is 32.1. The Morgan fingerprint density at radius 1 is 1.08 bits per heavy atom. The van der Waals surface area contributed by atoms with Crippen LogP contribution in [0.5, 0.6) is 0 Å². The topological polar surface area (TPSA) is 41.9 Å². The minimum Gasteiger partial charge on any atom is -0.332 e. The standard InChI is InChI=1S/C20H21FN4S/c1-13-6-4-9-18(10-13)22-20(26)23-19-14(2)24-25(15(19)3)12-16-7-5-8-17(21)11-16/h4-11H,12H2,1-3H3,(H2,22,23,26). The third kappa shape index (κ3) is 4.26. The first-order chi connectivity index (χ1) is 12.4. The van der Waals surface area contributed by atoms with Crippen LogP contribution in [0.3, 0.4) is 0 Å². The predicted octanol–water partition coefficient (Wildman–Crippen LogP) is 4.80. The summed E-state index contributed by atoms with van der Waals surface area (Å²) >= 11 is 5.43. The Labute approximate surface area is 158 Å². The quantitative estimate of drug-likeness (QED) is 0.649. The van der Waals surface area contributed by atoms with E-state index in [-0.39, 0.29) is 5.82 Å². The van der Waals surface area contributed by atoms with Crippen LogP contribution in [0.4, 0.5) is 15.8 Å². The number of anilines is 2. The summed E-state index contributed by atoms with van der Waals surface area (Å²) in [7, 11) is 0. The summed E-state index contributed by atoms with van der Waals surface area (Å²) < 4.78 is 15.2. The minimum absolute atomic E-state index is 0.245. The Balaban J connectivity index is 1.74. The summed E-state index contributed by atoms with van der Waals surface area (Å²) in [5, 5.41) is 11.5. The molecule has 0 saturated carbocycles. The summed E-state index contributed by atoms with van der Waals surface area (Å²) in [5.74, 6) is -0.245. The molecule has 0 aliphatic rings. The molecule has 3 rings (SSSR count). The van der Waals surface area contributed by atoms with Gasteiger partial charge in [0.15, 0.2) is 5.11 Å². The van der Waals surface area contributed by atoms with Crippen LogP contribution in [0.2, 0.25) is 0 Å². The van der Waals surface area contributed by atoms with Gasteiger partial charge in [-0.2, -0.15) is 5.10 Å². The average Bonchev–Trinajstić information content (AvgIpc) is 2.82. The van der Waals surface area contributed by atoms with Crippen molar-refractivity contribution in [2.24, 2.45) is 0 Å². The van der Waals surface area contributed by atoms with Crippen LogP contribution in [0.1, 0.15) is 22.5 Å². The summed E-state index contributed by atoms with van der Waals surface area (Å²) in [5.41, 5.74) is 5.61. The van der Waals surface area contributed by atoms with Crippen LogP contribution in [0.25, 0.3) is 0 Å². The molecule has 2 aromatic carbocycles. The Morgan fingerprint density at radius 3 is 2.58 bits per heavy atom. The second-order valence-corrected chi connectivity index (χ2v) is 6.69. The minimum atomic E-state index is -0.245. The zero-order chi connectivity index (χ0) is 18.7. The molecule has 0 amide bonds. The largest absolute Gasteiger partial charge is 0.332 e. The van der Waals surface area contributed by atoms with Crippen molar-refractivity contribution < 1.29 is 4.39 Å². The van der Waals surface area contributed by atoms with Crippen molar-refractivity contribution in [1.82, 2.24) is 9.78 Å². The zero-order valence-electron chi connectivity index (χ0n) is 15.0. The first-order valence-corrected chi connectivity index (χ1v) is 8.76. The Bertz CT molecular complexity index is 949. The SMILES string of the molecule is Cc1cccc(NC(=S)Nc2c(C)nn(Cc3cccc(F)c3)c2C)c1. The van der Waals surface area contributed by atoms with Gasteiger partial charge in [-0.25, -0.2) is 4.39 Å². The average molecular weight is 368 g/mol. The van der Waals surface area contributed by atoms with Crippen LogP contribution in [0.15, 0.2) is 48.5 Å². The van der Waals surface area contributed by atoms with E-state index < -0.39 is 0 Å². The molecule has 0 fully saturated rings. The Kier molecular flexibility index (Phi) is 5.32. The highest BCUT2D eigenvalue weighted by Gasteiger charge is 2.13. The van der Waals surface area contributed by atoms with Gasteiger partial charge in [0.1, 0.15) is 5.82 Å². The van der Waals surface area contributed by atoms with Gasteiger partial charge in [0.2, 0.25) is 0 Å².